The van der Waals surface area contributed by atoms with Gasteiger partial charge in [0, 0.05) is 30.9 Å². The molecule has 29 heavy (non-hydrogen) atoms. The van der Waals surface area contributed by atoms with Crippen LogP contribution in [-0.4, -0.2) is 33.3 Å². The van der Waals surface area contributed by atoms with Gasteiger partial charge in [0.2, 0.25) is 0 Å². The first-order chi connectivity index (χ1) is 14.1. The predicted octanol–water partition coefficient (Wildman–Crippen LogP) is 3.92. The highest BCUT2D eigenvalue weighted by Crippen LogP contribution is 2.27. The third-order valence-corrected chi connectivity index (χ3v) is 6.44. The molecule has 0 spiro atoms. The maximum atomic E-state index is 10.8. The third kappa shape index (κ3) is 4.80. The zero-order valence-corrected chi connectivity index (χ0v) is 17.6. The third-order valence-electron chi connectivity index (χ3n) is 5.85. The van der Waals surface area contributed by atoms with E-state index in [0.717, 1.165) is 25.1 Å². The van der Waals surface area contributed by atoms with Crippen molar-refractivity contribution in [3.63, 3.8) is 0 Å². The molecule has 152 valence electrons. The average Bonchev–Trinajstić information content (AvgIpc) is 3.20. The summed E-state index contributed by atoms with van der Waals surface area (Å²) in [6.07, 6.45) is 1.71. The Kier molecular flexibility index (Phi) is 6.16. The summed E-state index contributed by atoms with van der Waals surface area (Å²) in [5.41, 5.74) is 3.64. The van der Waals surface area contributed by atoms with Crippen LogP contribution in [0.25, 0.3) is 10.8 Å². The summed E-state index contributed by atoms with van der Waals surface area (Å²) < 4.78 is 21.5. The maximum absolute atomic E-state index is 10.8. The first-order valence-corrected chi connectivity index (χ1v) is 11.7. The molecule has 1 saturated heterocycles. The number of hydrogen-bond acceptors (Lipinski definition) is 4. The van der Waals surface area contributed by atoms with Gasteiger partial charge in [-0.2, -0.15) is 0 Å². The summed E-state index contributed by atoms with van der Waals surface area (Å²) in [6, 6.07) is 24.2. The topological polar surface area (TPSA) is 49.4 Å². The van der Waals surface area contributed by atoms with E-state index in [1.165, 1.54) is 22.0 Å². The van der Waals surface area contributed by atoms with Crippen LogP contribution in [0.4, 0.5) is 5.69 Å². The van der Waals surface area contributed by atoms with Gasteiger partial charge in [-0.1, -0.05) is 54.6 Å². The van der Waals surface area contributed by atoms with Crippen LogP contribution in [0.15, 0.2) is 66.7 Å². The Labute approximate surface area is 174 Å². The van der Waals surface area contributed by atoms with Gasteiger partial charge in [-0.3, -0.25) is 0 Å². The van der Waals surface area contributed by atoms with E-state index < -0.39 is 10.7 Å². The van der Waals surface area contributed by atoms with E-state index >= 15 is 0 Å². The van der Waals surface area contributed by atoms with Crippen molar-refractivity contribution in [1.29, 1.82) is 0 Å². The lowest BCUT2D eigenvalue weighted by Crippen LogP contribution is -2.34. The molecule has 3 aromatic rings. The molecule has 2 atom stereocenters. The first kappa shape index (κ1) is 19.9. The van der Waals surface area contributed by atoms with Crippen LogP contribution >= 0.6 is 0 Å². The van der Waals surface area contributed by atoms with E-state index in [0.29, 0.717) is 18.5 Å². The van der Waals surface area contributed by atoms with Crippen molar-refractivity contribution >= 4 is 27.2 Å². The summed E-state index contributed by atoms with van der Waals surface area (Å²) in [7, 11) is -2.30. The van der Waals surface area contributed by atoms with Gasteiger partial charge in [-0.25, -0.2) is 8.42 Å². The van der Waals surface area contributed by atoms with Crippen molar-refractivity contribution in [2.45, 2.75) is 31.8 Å². The first-order valence-electron chi connectivity index (χ1n) is 10.3. The van der Waals surface area contributed by atoms with Crippen molar-refractivity contribution < 1.29 is 8.42 Å². The van der Waals surface area contributed by atoms with Gasteiger partial charge in [0.25, 0.3) is 0 Å². The molecule has 0 saturated carbocycles. The summed E-state index contributed by atoms with van der Waals surface area (Å²) >= 11 is 0. The molecule has 5 heteroatoms. The second kappa shape index (κ2) is 8.97. The van der Waals surface area contributed by atoms with Gasteiger partial charge < -0.3 is 10.2 Å². The average molecular weight is 409 g/mol. The second-order valence-electron chi connectivity index (χ2n) is 7.86. The minimum absolute atomic E-state index is 0.219. The minimum atomic E-state index is -2.30. The van der Waals surface area contributed by atoms with E-state index in [9.17, 15) is 8.42 Å². The Morgan fingerprint density at radius 2 is 1.79 bits per heavy atom. The molecule has 0 aromatic heterocycles. The molecule has 1 heterocycles. The number of rotatable bonds is 7. The van der Waals surface area contributed by atoms with Crippen LogP contribution in [0.1, 0.15) is 30.5 Å². The highest BCUT2D eigenvalue weighted by molar-refractivity contribution is 7.72. The van der Waals surface area contributed by atoms with Gasteiger partial charge in [-0.05, 0) is 53.8 Å². The lowest BCUT2D eigenvalue weighted by Gasteiger charge is -2.23. The van der Waals surface area contributed by atoms with Crippen LogP contribution in [0.2, 0.25) is 0 Å². The van der Waals surface area contributed by atoms with Crippen molar-refractivity contribution in [2.75, 3.05) is 23.7 Å². The molecule has 1 aliphatic rings. The zero-order chi connectivity index (χ0) is 20.2. The van der Waals surface area contributed by atoms with Crippen molar-refractivity contribution in [2.24, 2.45) is 0 Å². The number of aryl methyl sites for hydroxylation is 1. The summed E-state index contributed by atoms with van der Waals surface area (Å²) in [5, 5.41) is 6.43. The van der Waals surface area contributed by atoms with Crippen LogP contribution < -0.4 is 10.2 Å². The molecule has 4 nitrogen and oxygen atoms in total. The highest BCUT2D eigenvalue weighted by atomic mass is 32.2. The van der Waals surface area contributed by atoms with Gasteiger partial charge in [-0.15, -0.1) is 0 Å². The molecule has 3 aromatic carbocycles. The smallest absolute Gasteiger partial charge is 0.140 e. The molecule has 1 fully saturated rings. The van der Waals surface area contributed by atoms with Crippen LogP contribution in [0.5, 0.6) is 0 Å². The maximum Gasteiger partial charge on any atom is 0.140 e. The molecule has 0 bridgehead atoms. The fraction of sp³-hybridized carbons (Fsp3) is 0.333. The van der Waals surface area contributed by atoms with Crippen LogP contribution in [0.3, 0.4) is 0 Å². The van der Waals surface area contributed by atoms with Gasteiger partial charge in [0.05, 0.1) is 5.75 Å². The molecule has 0 amide bonds. The zero-order valence-electron chi connectivity index (χ0n) is 16.8. The summed E-state index contributed by atoms with van der Waals surface area (Å²) in [4.78, 5) is 2.41. The Bertz CT molecular complexity index is 1030. The Hall–Kier alpha value is -2.37. The number of benzene rings is 3. The van der Waals surface area contributed by atoms with E-state index in [2.05, 4.69) is 71.7 Å². The SMILES string of the molecule is C[C@@H](N[C@H]1CCN(c2ccc(CC[SH](=O)=O)cc2)C1)c1cccc2ccccc12. The molecule has 0 radical (unpaired) electrons. The van der Waals surface area contributed by atoms with Gasteiger partial charge in [0.1, 0.15) is 10.7 Å². The van der Waals surface area contributed by atoms with E-state index in [-0.39, 0.29) is 5.75 Å². The van der Waals surface area contributed by atoms with Crippen molar-refractivity contribution in [3.05, 3.63) is 77.9 Å². The number of fused-ring (bicyclic) bond motifs is 1. The summed E-state index contributed by atoms with van der Waals surface area (Å²) in [5.74, 6) is 0.219. The van der Waals surface area contributed by atoms with E-state index in [1.54, 1.807) is 0 Å². The highest BCUT2D eigenvalue weighted by Gasteiger charge is 2.24. The lowest BCUT2D eigenvalue weighted by atomic mass is 9.99. The molecular weight excluding hydrogens is 380 g/mol. The molecule has 0 aliphatic carbocycles. The molecule has 1 N–H and O–H groups in total. The molecule has 1 aliphatic heterocycles. The van der Waals surface area contributed by atoms with Gasteiger partial charge >= 0.3 is 0 Å². The molecule has 0 unspecified atom stereocenters. The predicted molar refractivity (Wildman–Crippen MR) is 121 cm³/mol. The van der Waals surface area contributed by atoms with E-state index in [1.807, 2.05) is 12.1 Å². The quantitative estimate of drug-likeness (QED) is 0.582. The monoisotopic (exact) mass is 408 g/mol. The fourth-order valence-electron chi connectivity index (χ4n) is 4.30. The number of nitrogens with one attached hydrogen (secondary N) is 1. The molecule has 4 rings (SSSR count). The Balaban J connectivity index is 1.38. The van der Waals surface area contributed by atoms with Crippen LogP contribution in [0, 0.1) is 0 Å². The number of nitrogens with zero attached hydrogens (tertiary/aromatic N) is 1. The van der Waals surface area contributed by atoms with E-state index in [4.69, 9.17) is 0 Å². The number of thiol groups is 1. The summed E-state index contributed by atoms with van der Waals surface area (Å²) in [6.45, 7) is 4.27. The Morgan fingerprint density at radius 1 is 1.03 bits per heavy atom. The number of anilines is 1. The Morgan fingerprint density at radius 3 is 2.59 bits per heavy atom. The standard InChI is InChI=1S/C24H28N2O2S/c1-18(23-8-4-6-20-5-2-3-7-24(20)23)25-21-13-15-26(17-21)22-11-9-19(10-12-22)14-16-29(27)28/h2-12,18,21,25,29H,13-17H2,1H3/t18-,21+/m1/s1. The fourth-order valence-corrected chi connectivity index (χ4v) is 4.74. The molecular formula is C24H28N2O2S. The minimum Gasteiger partial charge on any atom is -0.370 e. The van der Waals surface area contributed by atoms with Crippen molar-refractivity contribution in [3.8, 4) is 0 Å². The second-order valence-corrected chi connectivity index (χ2v) is 8.97. The van der Waals surface area contributed by atoms with Crippen molar-refractivity contribution in [1.82, 2.24) is 5.32 Å². The number of hydrogen-bond donors (Lipinski definition) is 2. The van der Waals surface area contributed by atoms with Crippen LogP contribution in [-0.2, 0) is 17.1 Å². The normalized spacial score (nSPS) is 17.9. The van der Waals surface area contributed by atoms with Gasteiger partial charge in [0.15, 0.2) is 0 Å². The largest absolute Gasteiger partial charge is 0.370 e. The lowest BCUT2D eigenvalue weighted by molar-refractivity contribution is 0.483.